The maximum Gasteiger partial charge on any atom is 0.405 e. The first-order valence-corrected chi connectivity index (χ1v) is 13.1. The van der Waals surface area contributed by atoms with Gasteiger partial charge in [-0.2, -0.15) is 17.2 Å². The van der Waals surface area contributed by atoms with E-state index in [1.165, 1.54) is 12.1 Å². The van der Waals surface area contributed by atoms with Crippen molar-refractivity contribution in [2.75, 3.05) is 0 Å². The van der Waals surface area contributed by atoms with Crippen molar-refractivity contribution in [2.24, 2.45) is 0 Å². The molecule has 2 atom stereocenters. The fraction of sp³-hybridized carbons (Fsp3) is 0.280. The highest BCUT2D eigenvalue weighted by molar-refractivity contribution is 7.97. The largest absolute Gasteiger partial charge is 0.488 e. The predicted molar refractivity (Wildman–Crippen MR) is 128 cm³/mol. The Kier molecular flexibility index (Phi) is 7.59. The third-order valence-corrected chi connectivity index (χ3v) is 7.90. The van der Waals surface area contributed by atoms with E-state index >= 15 is 0 Å². The van der Waals surface area contributed by atoms with Gasteiger partial charge in [0.25, 0.3) is 0 Å². The molecule has 2 unspecified atom stereocenters. The molecule has 1 N–H and O–H groups in total. The fourth-order valence-electron chi connectivity index (χ4n) is 3.10. The number of ether oxygens (including phenoxy) is 2. The second-order valence-electron chi connectivity index (χ2n) is 8.57. The molecule has 0 aliphatic rings. The highest BCUT2D eigenvalue weighted by Gasteiger charge is 2.51. The van der Waals surface area contributed by atoms with Gasteiger partial charge in [0.2, 0.25) is 0 Å². The SMILES string of the molecule is CC(Oc1ccc([S+](c2ccccc2)c2ccc(OC(C)(C)C)cc2)cc1)C(F)(F)S(=O)(=O)O. The van der Waals surface area contributed by atoms with E-state index < -0.39 is 32.4 Å². The van der Waals surface area contributed by atoms with Crippen molar-refractivity contribution >= 4 is 21.0 Å². The molecule has 9 heteroatoms. The van der Waals surface area contributed by atoms with Crippen LogP contribution in [0.5, 0.6) is 11.5 Å². The minimum Gasteiger partial charge on any atom is -0.488 e. The number of rotatable bonds is 8. The van der Waals surface area contributed by atoms with E-state index in [-0.39, 0.29) is 11.4 Å². The van der Waals surface area contributed by atoms with Gasteiger partial charge in [0.15, 0.2) is 20.8 Å². The number of alkyl halides is 2. The standard InChI is InChI=1S/C25H26F2O5S2/c1-18(25(26,27)34(28,29)30)31-19-10-14-22(15-11-19)33(21-8-6-5-7-9-21)23-16-12-20(13-17-23)32-24(2,3)4/h5-18H,1-4H3/p+1. The van der Waals surface area contributed by atoms with E-state index in [0.29, 0.717) is 0 Å². The van der Waals surface area contributed by atoms with Crippen LogP contribution in [0, 0.1) is 0 Å². The molecule has 0 spiro atoms. The maximum absolute atomic E-state index is 13.8. The van der Waals surface area contributed by atoms with E-state index in [0.717, 1.165) is 27.4 Å². The summed E-state index contributed by atoms with van der Waals surface area (Å²) in [5, 5.41) is -4.43. The molecule has 0 bridgehead atoms. The monoisotopic (exact) mass is 509 g/mol. The second kappa shape index (κ2) is 9.93. The Labute approximate surface area is 201 Å². The normalized spacial score (nSPS) is 14.3. The Hall–Kier alpha value is -2.62. The predicted octanol–water partition coefficient (Wildman–Crippen LogP) is 6.21. The molecule has 0 fully saturated rings. The molecule has 0 radical (unpaired) electrons. The smallest absolute Gasteiger partial charge is 0.405 e. The van der Waals surface area contributed by atoms with Gasteiger partial charge in [-0.25, -0.2) is 0 Å². The molecule has 34 heavy (non-hydrogen) atoms. The fourth-order valence-corrected chi connectivity index (χ4v) is 5.63. The minimum atomic E-state index is -5.60. The summed E-state index contributed by atoms with van der Waals surface area (Å²) >= 11 is 0. The van der Waals surface area contributed by atoms with Crippen LogP contribution in [0.1, 0.15) is 27.7 Å². The van der Waals surface area contributed by atoms with Crippen molar-refractivity contribution in [3.63, 3.8) is 0 Å². The average molecular weight is 510 g/mol. The van der Waals surface area contributed by atoms with Crippen molar-refractivity contribution < 1.29 is 31.2 Å². The molecule has 3 aromatic rings. The first-order chi connectivity index (χ1) is 15.8. The zero-order valence-electron chi connectivity index (χ0n) is 19.2. The van der Waals surface area contributed by atoms with Crippen LogP contribution < -0.4 is 9.47 Å². The number of halogens is 2. The summed E-state index contributed by atoms with van der Waals surface area (Å²) in [5.74, 6) is 0.815. The molecule has 3 aromatic carbocycles. The van der Waals surface area contributed by atoms with Crippen LogP contribution in [-0.2, 0) is 21.0 Å². The van der Waals surface area contributed by atoms with Crippen LogP contribution in [0.25, 0.3) is 0 Å². The summed E-state index contributed by atoms with van der Waals surface area (Å²) in [6.07, 6.45) is -2.07. The zero-order chi connectivity index (χ0) is 25.1. The van der Waals surface area contributed by atoms with Crippen LogP contribution >= 0.6 is 0 Å². The van der Waals surface area contributed by atoms with Gasteiger partial charge < -0.3 is 9.47 Å². The third kappa shape index (κ3) is 6.28. The van der Waals surface area contributed by atoms with E-state index in [2.05, 4.69) is 0 Å². The summed E-state index contributed by atoms with van der Waals surface area (Å²) in [6, 6.07) is 24.2. The summed E-state index contributed by atoms with van der Waals surface area (Å²) in [5.41, 5.74) is -0.318. The number of hydrogen-bond donors (Lipinski definition) is 1. The van der Waals surface area contributed by atoms with Crippen LogP contribution in [0.15, 0.2) is 93.5 Å². The summed E-state index contributed by atoms with van der Waals surface area (Å²) in [7, 11) is -6.09. The van der Waals surface area contributed by atoms with Crippen molar-refractivity contribution in [1.82, 2.24) is 0 Å². The molecule has 0 aliphatic carbocycles. The quantitative estimate of drug-likeness (QED) is 0.289. The van der Waals surface area contributed by atoms with Gasteiger partial charge in [-0.3, -0.25) is 4.55 Å². The number of hydrogen-bond acceptors (Lipinski definition) is 4. The molecule has 3 rings (SSSR count). The Balaban J connectivity index is 1.90. The van der Waals surface area contributed by atoms with Gasteiger partial charge in [0, 0.05) is 0 Å². The molecule has 0 aromatic heterocycles. The average Bonchev–Trinajstić information content (AvgIpc) is 2.75. The van der Waals surface area contributed by atoms with Crippen molar-refractivity contribution in [3.8, 4) is 11.5 Å². The molecular formula is C25H27F2O5S2+. The lowest BCUT2D eigenvalue weighted by atomic mass is 10.2. The van der Waals surface area contributed by atoms with Crippen molar-refractivity contribution in [3.05, 3.63) is 78.9 Å². The molecule has 182 valence electrons. The van der Waals surface area contributed by atoms with Crippen LogP contribution in [-0.4, -0.2) is 29.9 Å². The topological polar surface area (TPSA) is 72.8 Å². The molecular weight excluding hydrogens is 482 g/mol. The van der Waals surface area contributed by atoms with Crippen LogP contribution in [0.2, 0.25) is 0 Å². The van der Waals surface area contributed by atoms with E-state index in [1.807, 2.05) is 75.4 Å². The van der Waals surface area contributed by atoms with Gasteiger partial charge in [-0.1, -0.05) is 18.2 Å². The highest BCUT2D eigenvalue weighted by atomic mass is 32.2. The third-order valence-electron chi connectivity index (χ3n) is 4.65. The van der Waals surface area contributed by atoms with Gasteiger partial charge in [-0.15, -0.1) is 0 Å². The molecule has 0 aliphatic heterocycles. The zero-order valence-corrected chi connectivity index (χ0v) is 20.9. The summed E-state index contributed by atoms with van der Waals surface area (Å²) < 4.78 is 69.4. The van der Waals surface area contributed by atoms with Crippen LogP contribution in [0.3, 0.4) is 0 Å². The van der Waals surface area contributed by atoms with Gasteiger partial charge in [0.1, 0.15) is 17.1 Å². The van der Waals surface area contributed by atoms with E-state index in [9.17, 15) is 17.2 Å². The maximum atomic E-state index is 13.8. The molecule has 5 nitrogen and oxygen atoms in total. The molecule has 0 saturated heterocycles. The second-order valence-corrected chi connectivity index (χ2v) is 12.1. The molecule has 0 heterocycles. The Morgan fingerprint density at radius 3 is 1.68 bits per heavy atom. The minimum absolute atomic E-state index is 0.0603. The van der Waals surface area contributed by atoms with Gasteiger partial charge >= 0.3 is 15.4 Å². The first kappa shape index (κ1) is 26.0. The molecule has 0 amide bonds. The highest BCUT2D eigenvalue weighted by Crippen LogP contribution is 2.34. The number of benzene rings is 3. The Bertz CT molecular complexity index is 1190. The lowest BCUT2D eigenvalue weighted by Gasteiger charge is -2.22. The summed E-state index contributed by atoms with van der Waals surface area (Å²) in [6.45, 7) is 6.82. The Morgan fingerprint density at radius 2 is 1.24 bits per heavy atom. The van der Waals surface area contributed by atoms with Gasteiger partial charge in [0.05, 0.1) is 10.9 Å². The lowest BCUT2D eigenvalue weighted by molar-refractivity contribution is -0.0236. The van der Waals surface area contributed by atoms with Crippen LogP contribution in [0.4, 0.5) is 8.78 Å². The van der Waals surface area contributed by atoms with E-state index in [1.54, 1.807) is 12.1 Å². The van der Waals surface area contributed by atoms with Crippen molar-refractivity contribution in [1.29, 1.82) is 0 Å². The lowest BCUT2D eigenvalue weighted by Crippen LogP contribution is -2.42. The molecule has 0 saturated carbocycles. The van der Waals surface area contributed by atoms with Crippen molar-refractivity contribution in [2.45, 2.75) is 59.3 Å². The van der Waals surface area contributed by atoms with Gasteiger partial charge in [-0.05, 0) is 88.4 Å². The summed E-state index contributed by atoms with van der Waals surface area (Å²) in [4.78, 5) is 3.01. The van der Waals surface area contributed by atoms with E-state index in [4.69, 9.17) is 14.0 Å². The Morgan fingerprint density at radius 1 is 0.794 bits per heavy atom. The first-order valence-electron chi connectivity index (χ1n) is 10.5.